The second kappa shape index (κ2) is 1.90. The Hall–Kier alpha value is -1.72. The molecule has 10 heavy (non-hydrogen) atoms. The summed E-state index contributed by atoms with van der Waals surface area (Å²) in [6.07, 6.45) is 5.37. The fourth-order valence-electron chi connectivity index (χ4n) is 0.544. The van der Waals surface area contributed by atoms with Gasteiger partial charge in [0, 0.05) is 0 Å². The van der Waals surface area contributed by atoms with E-state index in [4.69, 9.17) is 4.42 Å². The summed E-state index contributed by atoms with van der Waals surface area (Å²) in [7, 11) is 0. The lowest BCUT2D eigenvalue weighted by atomic mass is 11.0. The van der Waals surface area contributed by atoms with Gasteiger partial charge in [0.25, 0.3) is 0 Å². The van der Waals surface area contributed by atoms with Crippen molar-refractivity contribution in [2.45, 2.75) is 0 Å². The lowest BCUT2D eigenvalue weighted by molar-refractivity contribution is 0.503. The van der Waals surface area contributed by atoms with Gasteiger partial charge in [-0.1, -0.05) is 0 Å². The van der Waals surface area contributed by atoms with Crippen molar-refractivity contribution in [1.29, 1.82) is 0 Å². The van der Waals surface area contributed by atoms with Crippen molar-refractivity contribution in [3.63, 3.8) is 0 Å². The highest BCUT2D eigenvalue weighted by Gasteiger charge is 2.00. The van der Waals surface area contributed by atoms with E-state index in [0.717, 1.165) is 0 Å². The highest BCUT2D eigenvalue weighted by molar-refractivity contribution is 4.97. The molecule has 0 bridgehead atoms. The molecule has 0 aromatic carbocycles. The smallest absolute Gasteiger partial charge is 0.326 e. The topological polar surface area (TPSA) is 69.6 Å². The van der Waals surface area contributed by atoms with Gasteiger partial charge in [0.2, 0.25) is 6.33 Å². The summed E-state index contributed by atoms with van der Waals surface area (Å²) in [4.78, 5) is 3.78. The molecule has 2 rings (SSSR count). The van der Waals surface area contributed by atoms with Gasteiger partial charge in [-0.25, -0.2) is 4.98 Å². The second-order valence-corrected chi connectivity index (χ2v) is 1.51. The summed E-state index contributed by atoms with van der Waals surface area (Å²) in [5, 5.41) is 10.1. The number of nitrogens with zero attached hydrogens (tertiary/aromatic N) is 5. The summed E-state index contributed by atoms with van der Waals surface area (Å²) < 4.78 is 6.06. The van der Waals surface area contributed by atoms with E-state index in [1.54, 1.807) is 0 Å². The summed E-state index contributed by atoms with van der Waals surface area (Å²) >= 11 is 0. The van der Waals surface area contributed by atoms with Crippen LogP contribution in [-0.2, 0) is 0 Å². The Morgan fingerprint density at radius 2 is 2.60 bits per heavy atom. The molecule has 0 unspecified atom stereocenters. The Bertz CT molecular complexity index is 253. The molecular formula is C4H2N5O. The Balaban J connectivity index is 2.48. The molecule has 2 aromatic rings. The average molecular weight is 136 g/mol. The lowest BCUT2D eigenvalue weighted by Gasteiger charge is -1.84. The van der Waals surface area contributed by atoms with Gasteiger partial charge in [-0.15, -0.1) is 9.78 Å². The van der Waals surface area contributed by atoms with Crippen LogP contribution in [0.25, 0.3) is 6.01 Å². The maximum atomic E-state index is 4.86. The standard InChI is InChI=1S/C4H2N5O/c1-2-10-4(5-1)9-3-6-7-8-9/h1-2H. The van der Waals surface area contributed by atoms with Gasteiger partial charge < -0.3 is 4.42 Å². The van der Waals surface area contributed by atoms with Crippen molar-refractivity contribution in [2.75, 3.05) is 0 Å². The monoisotopic (exact) mass is 136 g/mol. The molecule has 0 saturated carbocycles. The van der Waals surface area contributed by atoms with E-state index in [1.165, 1.54) is 17.1 Å². The van der Waals surface area contributed by atoms with Crippen LogP contribution in [0.1, 0.15) is 0 Å². The predicted molar refractivity (Wildman–Crippen MR) is 28.1 cm³/mol. The van der Waals surface area contributed by atoms with Gasteiger partial charge in [-0.2, -0.15) is 0 Å². The van der Waals surface area contributed by atoms with E-state index in [0.29, 0.717) is 6.01 Å². The van der Waals surface area contributed by atoms with Crippen LogP contribution in [0.3, 0.4) is 0 Å². The first-order valence-corrected chi connectivity index (χ1v) is 2.53. The number of aromatic nitrogens is 5. The molecule has 6 nitrogen and oxygen atoms in total. The fraction of sp³-hybridized carbons (Fsp3) is 0. The largest absolute Gasteiger partial charge is 0.430 e. The van der Waals surface area contributed by atoms with Crippen molar-refractivity contribution in [2.24, 2.45) is 0 Å². The zero-order chi connectivity index (χ0) is 6.81. The zero-order valence-corrected chi connectivity index (χ0v) is 4.80. The number of rotatable bonds is 1. The molecule has 2 heterocycles. The quantitative estimate of drug-likeness (QED) is 0.526. The summed E-state index contributed by atoms with van der Waals surface area (Å²) in [5.41, 5.74) is 0. The van der Waals surface area contributed by atoms with Gasteiger partial charge >= 0.3 is 6.01 Å². The van der Waals surface area contributed by atoms with Crippen LogP contribution in [0.5, 0.6) is 0 Å². The minimum Gasteiger partial charge on any atom is -0.430 e. The highest BCUT2D eigenvalue weighted by Crippen LogP contribution is 1.96. The zero-order valence-electron chi connectivity index (χ0n) is 4.80. The normalized spacial score (nSPS) is 10.0. The molecule has 0 saturated heterocycles. The van der Waals surface area contributed by atoms with Gasteiger partial charge in [-0.05, 0) is 10.4 Å². The van der Waals surface area contributed by atoms with E-state index >= 15 is 0 Å². The van der Waals surface area contributed by atoms with Crippen molar-refractivity contribution in [1.82, 2.24) is 25.2 Å². The first-order valence-electron chi connectivity index (χ1n) is 2.53. The maximum absolute atomic E-state index is 4.86. The molecule has 1 radical (unpaired) electrons. The van der Waals surface area contributed by atoms with Gasteiger partial charge in [0.05, 0.1) is 6.20 Å². The lowest BCUT2D eigenvalue weighted by Crippen LogP contribution is -1.94. The fourth-order valence-corrected chi connectivity index (χ4v) is 0.544. The van der Waals surface area contributed by atoms with E-state index in [2.05, 4.69) is 26.8 Å². The van der Waals surface area contributed by atoms with E-state index in [9.17, 15) is 0 Å². The third-order valence-electron chi connectivity index (χ3n) is 0.914. The van der Waals surface area contributed by atoms with Crippen LogP contribution in [0, 0.1) is 6.33 Å². The van der Waals surface area contributed by atoms with Crippen molar-refractivity contribution in [3.05, 3.63) is 18.8 Å². The Labute approximate surface area is 55.5 Å². The summed E-state index contributed by atoms with van der Waals surface area (Å²) in [6, 6.07) is 0.310. The summed E-state index contributed by atoms with van der Waals surface area (Å²) in [6.45, 7) is 0. The molecule has 0 amide bonds. The highest BCUT2D eigenvalue weighted by atomic mass is 16.4. The Kier molecular flexibility index (Phi) is 0.970. The van der Waals surface area contributed by atoms with Crippen molar-refractivity contribution >= 4 is 0 Å². The van der Waals surface area contributed by atoms with Crippen LogP contribution in [0.4, 0.5) is 0 Å². The minimum absolute atomic E-state index is 0.310. The molecule has 6 heteroatoms. The average Bonchev–Trinajstić information content (AvgIpc) is 2.59. The van der Waals surface area contributed by atoms with Crippen LogP contribution in [-0.4, -0.2) is 25.2 Å². The minimum atomic E-state index is 0.310. The van der Waals surface area contributed by atoms with Gasteiger partial charge in [0.1, 0.15) is 6.26 Å². The maximum Gasteiger partial charge on any atom is 0.326 e. The number of oxazole rings is 1. The number of hydrogen-bond acceptors (Lipinski definition) is 5. The molecule has 2 aromatic heterocycles. The van der Waals surface area contributed by atoms with Gasteiger partial charge in [0.15, 0.2) is 0 Å². The molecule has 0 aliphatic carbocycles. The Morgan fingerprint density at radius 1 is 1.60 bits per heavy atom. The number of hydrogen-bond donors (Lipinski definition) is 0. The molecule has 49 valence electrons. The van der Waals surface area contributed by atoms with Crippen LogP contribution in [0.15, 0.2) is 16.9 Å². The second-order valence-electron chi connectivity index (χ2n) is 1.51. The molecule has 0 aliphatic heterocycles. The first-order chi connectivity index (χ1) is 4.97. The number of tetrazole rings is 1. The first kappa shape index (κ1) is 5.10. The van der Waals surface area contributed by atoms with Crippen molar-refractivity contribution < 1.29 is 4.42 Å². The van der Waals surface area contributed by atoms with Gasteiger partial charge in [-0.3, -0.25) is 0 Å². The van der Waals surface area contributed by atoms with Crippen LogP contribution in [0.2, 0.25) is 0 Å². The molecule has 0 spiro atoms. The molecular weight excluding hydrogens is 134 g/mol. The van der Waals surface area contributed by atoms with Crippen molar-refractivity contribution in [3.8, 4) is 6.01 Å². The van der Waals surface area contributed by atoms with Crippen LogP contribution >= 0.6 is 0 Å². The third kappa shape index (κ3) is 0.661. The summed E-state index contributed by atoms with van der Waals surface area (Å²) in [5.74, 6) is 0. The third-order valence-corrected chi connectivity index (χ3v) is 0.914. The Morgan fingerprint density at radius 3 is 3.20 bits per heavy atom. The van der Waals surface area contributed by atoms with E-state index < -0.39 is 0 Å². The van der Waals surface area contributed by atoms with E-state index in [1.807, 2.05) is 0 Å². The van der Waals surface area contributed by atoms with Crippen LogP contribution < -0.4 is 0 Å². The van der Waals surface area contributed by atoms with E-state index in [-0.39, 0.29) is 0 Å². The molecule has 0 fully saturated rings. The molecule has 0 N–H and O–H groups in total. The molecule has 0 atom stereocenters. The predicted octanol–water partition coefficient (Wildman–Crippen LogP) is -0.550. The SMILES string of the molecule is [c]1nnnn1-c1ncco1. The molecule has 0 aliphatic rings.